The van der Waals surface area contributed by atoms with Gasteiger partial charge in [-0.05, 0) is 48.5 Å². The van der Waals surface area contributed by atoms with Crippen molar-refractivity contribution in [2.75, 3.05) is 36.4 Å². The van der Waals surface area contributed by atoms with Gasteiger partial charge in [-0.25, -0.2) is 17.8 Å². The predicted molar refractivity (Wildman–Crippen MR) is 125 cm³/mol. The molecule has 34 heavy (non-hydrogen) atoms. The zero-order chi connectivity index (χ0) is 23.7. The van der Waals surface area contributed by atoms with Gasteiger partial charge < -0.3 is 10.2 Å². The van der Waals surface area contributed by atoms with Gasteiger partial charge in [0.1, 0.15) is 11.6 Å². The summed E-state index contributed by atoms with van der Waals surface area (Å²) in [5.74, 6) is -0.349. The minimum absolute atomic E-state index is 0.0503. The third-order valence-corrected chi connectivity index (χ3v) is 7.59. The molecule has 9 nitrogen and oxygen atoms in total. The van der Waals surface area contributed by atoms with Gasteiger partial charge in [0.05, 0.1) is 11.1 Å². The Morgan fingerprint density at radius 1 is 0.941 bits per heavy atom. The lowest BCUT2D eigenvalue weighted by Crippen LogP contribution is -2.48. The standard InChI is InChI=1S/C23H21FN6O3S/c24-18-4-6-19(7-5-18)28-12-14-29(15-13-28)34(32,33)20-3-1-2-17(16-20)23(31)27-22-8-10-25-21-9-11-26-30(21)22/h1-11,16H,12-15H2,(H,27,31). The highest BCUT2D eigenvalue weighted by Gasteiger charge is 2.29. The summed E-state index contributed by atoms with van der Waals surface area (Å²) in [4.78, 5) is 19.1. The Labute approximate surface area is 195 Å². The lowest BCUT2D eigenvalue weighted by molar-refractivity contribution is 0.102. The number of hydrogen-bond donors (Lipinski definition) is 1. The van der Waals surface area contributed by atoms with Crippen molar-refractivity contribution in [3.8, 4) is 0 Å². The van der Waals surface area contributed by atoms with Crippen LogP contribution in [-0.4, -0.2) is 59.4 Å². The number of rotatable bonds is 5. The minimum Gasteiger partial charge on any atom is -0.369 e. The van der Waals surface area contributed by atoms with Crippen LogP contribution in [0.4, 0.5) is 15.9 Å². The van der Waals surface area contributed by atoms with E-state index >= 15 is 0 Å². The van der Waals surface area contributed by atoms with Gasteiger partial charge in [0, 0.05) is 49.7 Å². The maximum Gasteiger partial charge on any atom is 0.256 e. The lowest BCUT2D eigenvalue weighted by Gasteiger charge is -2.35. The molecule has 1 aliphatic heterocycles. The topological polar surface area (TPSA) is 99.9 Å². The Morgan fingerprint density at radius 3 is 2.47 bits per heavy atom. The summed E-state index contributed by atoms with van der Waals surface area (Å²) in [6.07, 6.45) is 3.13. The zero-order valence-electron chi connectivity index (χ0n) is 18.0. The molecule has 0 bridgehead atoms. The Balaban J connectivity index is 1.31. The fourth-order valence-corrected chi connectivity index (χ4v) is 5.37. The molecular weight excluding hydrogens is 459 g/mol. The molecule has 5 rings (SSSR count). The molecule has 174 valence electrons. The normalized spacial score (nSPS) is 14.9. The molecule has 2 aromatic heterocycles. The number of piperazine rings is 1. The first-order valence-electron chi connectivity index (χ1n) is 10.6. The molecule has 2 aromatic carbocycles. The van der Waals surface area contributed by atoms with Gasteiger partial charge in [0.25, 0.3) is 5.91 Å². The Bertz CT molecular complexity index is 1450. The minimum atomic E-state index is -3.79. The van der Waals surface area contributed by atoms with E-state index < -0.39 is 15.9 Å². The molecule has 4 aromatic rings. The maximum atomic E-state index is 13.3. The fourth-order valence-electron chi connectivity index (χ4n) is 3.90. The molecule has 1 N–H and O–H groups in total. The molecule has 0 spiro atoms. The second-order valence-electron chi connectivity index (χ2n) is 7.78. The first-order valence-corrected chi connectivity index (χ1v) is 12.1. The number of amides is 1. The van der Waals surface area contributed by atoms with Crippen LogP contribution in [0.25, 0.3) is 5.65 Å². The molecule has 1 saturated heterocycles. The number of sulfonamides is 1. The highest BCUT2D eigenvalue weighted by molar-refractivity contribution is 7.89. The second kappa shape index (κ2) is 8.84. The summed E-state index contributed by atoms with van der Waals surface area (Å²) in [5.41, 5.74) is 1.64. The van der Waals surface area contributed by atoms with Crippen LogP contribution in [0.15, 0.2) is 78.0 Å². The molecule has 11 heteroatoms. The number of anilines is 2. The van der Waals surface area contributed by atoms with E-state index in [1.165, 1.54) is 33.1 Å². The maximum absolute atomic E-state index is 13.3. The molecular formula is C23H21FN6O3S. The number of carbonyl (C=O) groups excluding carboxylic acids is 1. The smallest absolute Gasteiger partial charge is 0.256 e. The summed E-state index contributed by atoms with van der Waals surface area (Å²) in [6, 6.07) is 15.4. The number of aromatic nitrogens is 3. The molecule has 0 radical (unpaired) electrons. The van der Waals surface area contributed by atoms with Gasteiger partial charge in [0.2, 0.25) is 10.0 Å². The summed E-state index contributed by atoms with van der Waals surface area (Å²) in [6.45, 7) is 1.52. The van der Waals surface area contributed by atoms with E-state index in [1.807, 2.05) is 4.90 Å². The zero-order valence-corrected chi connectivity index (χ0v) is 18.8. The van der Waals surface area contributed by atoms with Crippen molar-refractivity contribution >= 4 is 33.1 Å². The van der Waals surface area contributed by atoms with Crippen molar-refractivity contribution in [1.82, 2.24) is 18.9 Å². The van der Waals surface area contributed by atoms with E-state index in [0.29, 0.717) is 24.6 Å². The quantitative estimate of drug-likeness (QED) is 0.472. The van der Waals surface area contributed by atoms with Crippen LogP contribution in [0.2, 0.25) is 0 Å². The first kappa shape index (κ1) is 22.0. The van der Waals surface area contributed by atoms with Crippen molar-refractivity contribution in [3.05, 3.63) is 84.4 Å². The van der Waals surface area contributed by atoms with Crippen LogP contribution in [0.5, 0.6) is 0 Å². The van der Waals surface area contributed by atoms with Crippen LogP contribution in [0.3, 0.4) is 0 Å². The van der Waals surface area contributed by atoms with Gasteiger partial charge in [-0.3, -0.25) is 4.79 Å². The highest BCUT2D eigenvalue weighted by atomic mass is 32.2. The summed E-state index contributed by atoms with van der Waals surface area (Å²) in [5, 5.41) is 6.88. The number of carbonyl (C=O) groups is 1. The number of nitrogens with zero attached hydrogens (tertiary/aromatic N) is 5. The number of fused-ring (bicyclic) bond motifs is 1. The molecule has 0 aliphatic carbocycles. The van der Waals surface area contributed by atoms with Crippen molar-refractivity contribution in [2.24, 2.45) is 0 Å². The second-order valence-corrected chi connectivity index (χ2v) is 9.72. The molecule has 1 aliphatic rings. The molecule has 0 unspecified atom stereocenters. The number of halogens is 1. The van der Waals surface area contributed by atoms with E-state index in [0.717, 1.165) is 5.69 Å². The largest absolute Gasteiger partial charge is 0.369 e. The van der Waals surface area contributed by atoms with E-state index in [9.17, 15) is 17.6 Å². The van der Waals surface area contributed by atoms with E-state index in [2.05, 4.69) is 15.4 Å². The van der Waals surface area contributed by atoms with E-state index in [-0.39, 0.29) is 29.4 Å². The van der Waals surface area contributed by atoms with Crippen molar-refractivity contribution in [3.63, 3.8) is 0 Å². The summed E-state index contributed by atoms with van der Waals surface area (Å²) < 4.78 is 42.6. The number of hydrogen-bond acceptors (Lipinski definition) is 6. The summed E-state index contributed by atoms with van der Waals surface area (Å²) in [7, 11) is -3.79. The van der Waals surface area contributed by atoms with Crippen LogP contribution in [-0.2, 0) is 10.0 Å². The van der Waals surface area contributed by atoms with Crippen LogP contribution in [0.1, 0.15) is 10.4 Å². The predicted octanol–water partition coefficient (Wildman–Crippen LogP) is 2.63. The Hall–Kier alpha value is -3.83. The van der Waals surface area contributed by atoms with Gasteiger partial charge in [-0.1, -0.05) is 6.07 Å². The first-order chi connectivity index (χ1) is 16.4. The third-order valence-electron chi connectivity index (χ3n) is 5.70. The average molecular weight is 481 g/mol. The van der Waals surface area contributed by atoms with E-state index in [1.54, 1.807) is 48.8 Å². The Morgan fingerprint density at radius 2 is 1.71 bits per heavy atom. The SMILES string of the molecule is O=C(Nc1ccnc2ccnn12)c1cccc(S(=O)(=O)N2CCN(c3ccc(F)cc3)CC2)c1. The van der Waals surface area contributed by atoms with Gasteiger partial charge in [0.15, 0.2) is 5.65 Å². The van der Waals surface area contributed by atoms with Crippen LogP contribution < -0.4 is 10.2 Å². The van der Waals surface area contributed by atoms with Crippen molar-refractivity contribution in [2.45, 2.75) is 4.90 Å². The van der Waals surface area contributed by atoms with Crippen molar-refractivity contribution in [1.29, 1.82) is 0 Å². The van der Waals surface area contributed by atoms with Crippen LogP contribution in [0, 0.1) is 5.82 Å². The Kier molecular flexibility index (Phi) is 5.72. The molecule has 0 atom stereocenters. The fraction of sp³-hybridized carbons (Fsp3) is 0.174. The molecule has 0 saturated carbocycles. The average Bonchev–Trinajstić information content (AvgIpc) is 3.35. The highest BCUT2D eigenvalue weighted by Crippen LogP contribution is 2.22. The van der Waals surface area contributed by atoms with Gasteiger partial charge in [-0.2, -0.15) is 13.9 Å². The molecule has 1 fully saturated rings. The van der Waals surface area contributed by atoms with Gasteiger partial charge in [-0.15, -0.1) is 0 Å². The van der Waals surface area contributed by atoms with Crippen LogP contribution >= 0.6 is 0 Å². The van der Waals surface area contributed by atoms with E-state index in [4.69, 9.17) is 0 Å². The molecule has 3 heterocycles. The molecule has 1 amide bonds. The van der Waals surface area contributed by atoms with Crippen molar-refractivity contribution < 1.29 is 17.6 Å². The summed E-state index contributed by atoms with van der Waals surface area (Å²) >= 11 is 0. The number of benzene rings is 2. The lowest BCUT2D eigenvalue weighted by atomic mass is 10.2. The van der Waals surface area contributed by atoms with Gasteiger partial charge >= 0.3 is 0 Å². The third kappa shape index (κ3) is 4.22. The number of nitrogens with one attached hydrogen (secondary N) is 1. The monoisotopic (exact) mass is 480 g/mol.